The predicted molar refractivity (Wildman–Crippen MR) is 149 cm³/mol. The van der Waals surface area contributed by atoms with Crippen molar-refractivity contribution in [2.45, 2.75) is 44.6 Å². The van der Waals surface area contributed by atoms with Crippen LogP contribution < -0.4 is 10.1 Å². The minimum absolute atomic E-state index is 0.263. The van der Waals surface area contributed by atoms with E-state index in [2.05, 4.69) is 29.6 Å². The van der Waals surface area contributed by atoms with E-state index in [9.17, 15) is 9.18 Å². The second-order valence-electron chi connectivity index (χ2n) is 10.2. The van der Waals surface area contributed by atoms with Gasteiger partial charge < -0.3 is 19.5 Å². The Morgan fingerprint density at radius 3 is 2.26 bits per heavy atom. The molecule has 0 spiro atoms. The van der Waals surface area contributed by atoms with Gasteiger partial charge in [0.05, 0.1) is 12.2 Å². The van der Waals surface area contributed by atoms with Gasteiger partial charge in [-0.1, -0.05) is 60.7 Å². The molecule has 0 radical (unpaired) electrons. The molecular weight excluding hydrogens is 493 g/mol. The molecule has 0 saturated carbocycles. The number of carbonyl (C=O) groups excluding carboxylic acids is 1. The Bertz CT molecular complexity index is 1390. The molecule has 0 bridgehead atoms. The van der Waals surface area contributed by atoms with Crippen LogP contribution in [0.5, 0.6) is 5.75 Å². The first-order valence-electron chi connectivity index (χ1n) is 13.1. The van der Waals surface area contributed by atoms with Gasteiger partial charge in [0.25, 0.3) is 0 Å². The molecule has 1 aliphatic rings. The molecule has 0 fully saturated rings. The highest BCUT2D eigenvalue weighted by Gasteiger charge is 2.47. The van der Waals surface area contributed by atoms with Crippen molar-refractivity contribution in [2.75, 3.05) is 11.9 Å². The van der Waals surface area contributed by atoms with Gasteiger partial charge in [-0.3, -0.25) is 0 Å². The minimum Gasteiger partial charge on any atom is -0.483 e. The second kappa shape index (κ2) is 11.7. The van der Waals surface area contributed by atoms with E-state index in [4.69, 9.17) is 14.2 Å². The van der Waals surface area contributed by atoms with Gasteiger partial charge in [0.2, 0.25) is 0 Å². The summed E-state index contributed by atoms with van der Waals surface area (Å²) < 4.78 is 32.3. The largest absolute Gasteiger partial charge is 0.483 e. The highest BCUT2D eigenvalue weighted by molar-refractivity contribution is 5.89. The Morgan fingerprint density at radius 2 is 1.56 bits per heavy atom. The number of rotatable bonds is 9. The third kappa shape index (κ3) is 6.47. The summed E-state index contributed by atoms with van der Waals surface area (Å²) in [5, 5.41) is 3.47. The number of esters is 1. The van der Waals surface area contributed by atoms with E-state index in [1.165, 1.54) is 24.3 Å². The van der Waals surface area contributed by atoms with E-state index in [1.807, 2.05) is 68.4 Å². The monoisotopic (exact) mass is 525 g/mol. The molecule has 5 rings (SSSR count). The van der Waals surface area contributed by atoms with Gasteiger partial charge in [0.15, 0.2) is 6.10 Å². The first-order valence-corrected chi connectivity index (χ1v) is 13.1. The number of hydrogen-bond donors (Lipinski definition) is 1. The van der Waals surface area contributed by atoms with Crippen molar-refractivity contribution in [2.24, 2.45) is 0 Å². The summed E-state index contributed by atoms with van der Waals surface area (Å²) in [6.07, 6.45) is -0.614. The van der Waals surface area contributed by atoms with E-state index in [1.54, 1.807) is 0 Å². The summed E-state index contributed by atoms with van der Waals surface area (Å²) in [5.74, 6) is -0.293. The standard InChI is InChI=1S/C33H32FNO4/c1-33(2)31(38-32(36)25-13-15-26(34)16-14-25)30(37-20-19-23-9-5-3-6-10-23)28-21-27(17-18-29(28)39-33)35-22-24-11-7-4-8-12-24/h3-18,21,30-31,35H,19-20,22H2,1-2H3. The number of carbonyl (C=O) groups is 1. The first kappa shape index (κ1) is 26.4. The highest BCUT2D eigenvalue weighted by Crippen LogP contribution is 2.44. The minimum atomic E-state index is -0.876. The Hall–Kier alpha value is -4.16. The zero-order valence-electron chi connectivity index (χ0n) is 22.1. The molecule has 1 heterocycles. The summed E-state index contributed by atoms with van der Waals surface area (Å²) >= 11 is 0. The smallest absolute Gasteiger partial charge is 0.338 e. The Balaban J connectivity index is 1.42. The average molecular weight is 526 g/mol. The molecule has 6 heteroatoms. The van der Waals surface area contributed by atoms with Crippen molar-refractivity contribution in [1.29, 1.82) is 0 Å². The van der Waals surface area contributed by atoms with Crippen molar-refractivity contribution < 1.29 is 23.4 Å². The molecule has 1 aliphatic heterocycles. The summed E-state index contributed by atoms with van der Waals surface area (Å²) in [5.41, 5.74) is 3.41. The molecule has 2 atom stereocenters. The predicted octanol–water partition coefficient (Wildman–Crippen LogP) is 7.13. The topological polar surface area (TPSA) is 56.8 Å². The fourth-order valence-electron chi connectivity index (χ4n) is 4.74. The number of anilines is 1. The molecule has 1 N–H and O–H groups in total. The van der Waals surface area contributed by atoms with E-state index in [0.29, 0.717) is 25.3 Å². The van der Waals surface area contributed by atoms with Crippen molar-refractivity contribution >= 4 is 11.7 Å². The van der Waals surface area contributed by atoms with Crippen LogP contribution in [0.2, 0.25) is 0 Å². The maximum absolute atomic E-state index is 13.4. The van der Waals surface area contributed by atoms with Crippen LogP contribution in [-0.2, 0) is 22.4 Å². The molecule has 0 amide bonds. The lowest BCUT2D eigenvalue weighted by Crippen LogP contribution is -2.51. The lowest BCUT2D eigenvalue weighted by atomic mass is 9.87. The summed E-state index contributed by atoms with van der Waals surface area (Å²) in [4.78, 5) is 13.1. The zero-order valence-corrected chi connectivity index (χ0v) is 22.1. The lowest BCUT2D eigenvalue weighted by molar-refractivity contribution is -0.139. The van der Waals surface area contributed by atoms with Crippen LogP contribution in [0.15, 0.2) is 103 Å². The zero-order chi connectivity index (χ0) is 27.2. The number of ether oxygens (including phenoxy) is 3. The fraction of sp³-hybridized carbons (Fsp3) is 0.242. The maximum Gasteiger partial charge on any atom is 0.338 e. The van der Waals surface area contributed by atoms with Gasteiger partial charge >= 0.3 is 5.97 Å². The van der Waals surface area contributed by atoms with Crippen molar-refractivity contribution in [3.05, 3.63) is 131 Å². The summed E-state index contributed by atoms with van der Waals surface area (Å²) in [7, 11) is 0. The van der Waals surface area contributed by atoms with Gasteiger partial charge in [0, 0.05) is 17.8 Å². The molecule has 0 aromatic heterocycles. The molecule has 4 aromatic rings. The molecule has 39 heavy (non-hydrogen) atoms. The number of benzene rings is 4. The van der Waals surface area contributed by atoms with Crippen molar-refractivity contribution in [3.63, 3.8) is 0 Å². The van der Waals surface area contributed by atoms with E-state index in [-0.39, 0.29) is 5.56 Å². The van der Waals surface area contributed by atoms with E-state index in [0.717, 1.165) is 22.4 Å². The quantitative estimate of drug-likeness (QED) is 0.236. The van der Waals surface area contributed by atoms with Gasteiger partial charge in [-0.05, 0) is 73.9 Å². The van der Waals surface area contributed by atoms with Gasteiger partial charge in [-0.25, -0.2) is 9.18 Å². The average Bonchev–Trinajstić information content (AvgIpc) is 2.95. The van der Waals surface area contributed by atoms with Crippen LogP contribution >= 0.6 is 0 Å². The second-order valence-corrected chi connectivity index (χ2v) is 10.2. The van der Waals surface area contributed by atoms with Crippen LogP contribution in [-0.4, -0.2) is 24.3 Å². The molecule has 2 unspecified atom stereocenters. The number of halogens is 1. The molecule has 200 valence electrons. The normalized spacial score (nSPS) is 17.5. The lowest BCUT2D eigenvalue weighted by Gasteiger charge is -2.43. The molecule has 4 aromatic carbocycles. The van der Waals surface area contributed by atoms with Crippen LogP contribution in [0, 0.1) is 5.82 Å². The van der Waals surface area contributed by atoms with E-state index >= 15 is 0 Å². The SMILES string of the molecule is CC1(C)Oc2ccc(NCc3ccccc3)cc2C(OCCc2ccccc2)C1OC(=O)c1ccc(F)cc1. The third-order valence-corrected chi connectivity index (χ3v) is 6.83. The Morgan fingerprint density at radius 1 is 0.897 bits per heavy atom. The Labute approximate surface area is 228 Å². The first-order chi connectivity index (χ1) is 18.9. The van der Waals surface area contributed by atoms with Crippen molar-refractivity contribution in [1.82, 2.24) is 0 Å². The summed E-state index contributed by atoms with van der Waals surface area (Å²) in [6.45, 7) is 4.85. The van der Waals surface area contributed by atoms with Gasteiger partial charge in [0.1, 0.15) is 23.3 Å². The number of hydrogen-bond acceptors (Lipinski definition) is 5. The Kier molecular flexibility index (Phi) is 7.94. The molecular formula is C33H32FNO4. The number of fused-ring (bicyclic) bond motifs is 1. The fourth-order valence-corrected chi connectivity index (χ4v) is 4.74. The molecule has 5 nitrogen and oxygen atoms in total. The molecule has 0 aliphatic carbocycles. The van der Waals surface area contributed by atoms with Crippen LogP contribution in [0.3, 0.4) is 0 Å². The third-order valence-electron chi connectivity index (χ3n) is 6.83. The van der Waals surface area contributed by atoms with Gasteiger partial charge in [-0.15, -0.1) is 0 Å². The van der Waals surface area contributed by atoms with Gasteiger partial charge in [-0.2, -0.15) is 0 Å². The molecule has 0 saturated heterocycles. The maximum atomic E-state index is 13.4. The number of nitrogens with one attached hydrogen (secondary N) is 1. The highest BCUT2D eigenvalue weighted by atomic mass is 19.1. The van der Waals surface area contributed by atoms with Crippen LogP contribution in [0.1, 0.15) is 47.0 Å². The van der Waals surface area contributed by atoms with Crippen molar-refractivity contribution in [3.8, 4) is 5.75 Å². The van der Waals surface area contributed by atoms with E-state index < -0.39 is 29.6 Å². The summed E-state index contributed by atoms with van der Waals surface area (Å²) in [6, 6.07) is 31.5. The van der Waals surface area contributed by atoms with Crippen LogP contribution in [0.25, 0.3) is 0 Å². The van der Waals surface area contributed by atoms with Crippen LogP contribution in [0.4, 0.5) is 10.1 Å².